The third kappa shape index (κ3) is 4.90. The minimum absolute atomic E-state index is 0.0641. The smallest absolute Gasteiger partial charge is 0.226 e. The van der Waals surface area contributed by atoms with Crippen LogP contribution in [0.15, 0.2) is 42.5 Å². The summed E-state index contributed by atoms with van der Waals surface area (Å²) in [5.41, 5.74) is 2.99. The molecule has 0 bridgehead atoms. The summed E-state index contributed by atoms with van der Waals surface area (Å²) in [6.45, 7) is 4.88. The Hall–Kier alpha value is -2.20. The van der Waals surface area contributed by atoms with Crippen LogP contribution in [-0.2, 0) is 4.79 Å². The van der Waals surface area contributed by atoms with Crippen molar-refractivity contribution in [2.45, 2.75) is 26.2 Å². The maximum Gasteiger partial charge on any atom is 0.226 e. The summed E-state index contributed by atoms with van der Waals surface area (Å²) in [5, 5.41) is 6.64. The van der Waals surface area contributed by atoms with E-state index in [1.807, 2.05) is 18.2 Å². The topological polar surface area (TPSA) is 50.4 Å². The Bertz CT molecular complexity index is 702. The van der Waals surface area contributed by atoms with Gasteiger partial charge in [-0.1, -0.05) is 43.6 Å². The van der Waals surface area contributed by atoms with E-state index in [0.717, 1.165) is 5.69 Å². The standard InChI is InChI=1S/C19H23ClN2O2/c1-13(2)15-6-4-5-7-17(15)21-11-10-19(23)22-14-8-9-18(24-3)16(20)12-14/h4-9,12-13,21H,10-11H2,1-3H3,(H,22,23). The zero-order valence-electron chi connectivity index (χ0n) is 14.2. The van der Waals surface area contributed by atoms with Crippen LogP contribution in [0.5, 0.6) is 5.75 Å². The van der Waals surface area contributed by atoms with Crippen LogP contribution in [0.3, 0.4) is 0 Å². The van der Waals surface area contributed by atoms with E-state index in [2.05, 4.69) is 30.5 Å². The van der Waals surface area contributed by atoms with Crippen molar-refractivity contribution in [2.75, 3.05) is 24.3 Å². The molecule has 0 saturated heterocycles. The van der Waals surface area contributed by atoms with Crippen molar-refractivity contribution in [1.29, 1.82) is 0 Å². The number of benzene rings is 2. The van der Waals surface area contributed by atoms with Crippen LogP contribution in [0.2, 0.25) is 5.02 Å². The van der Waals surface area contributed by atoms with E-state index in [-0.39, 0.29) is 5.91 Å². The molecule has 0 radical (unpaired) electrons. The summed E-state index contributed by atoms with van der Waals surface area (Å²) in [5.74, 6) is 0.955. The van der Waals surface area contributed by atoms with Crippen LogP contribution in [0.4, 0.5) is 11.4 Å². The van der Waals surface area contributed by atoms with Crippen molar-refractivity contribution in [3.8, 4) is 5.75 Å². The van der Waals surface area contributed by atoms with Gasteiger partial charge in [-0.3, -0.25) is 4.79 Å². The van der Waals surface area contributed by atoms with Gasteiger partial charge in [-0.25, -0.2) is 0 Å². The van der Waals surface area contributed by atoms with Crippen LogP contribution >= 0.6 is 11.6 Å². The number of carbonyl (C=O) groups is 1. The van der Waals surface area contributed by atoms with Gasteiger partial charge >= 0.3 is 0 Å². The second-order valence-corrected chi connectivity index (χ2v) is 6.22. The highest BCUT2D eigenvalue weighted by Gasteiger charge is 2.08. The number of carbonyl (C=O) groups excluding carboxylic acids is 1. The number of rotatable bonds is 7. The predicted molar refractivity (Wildman–Crippen MR) is 100 cm³/mol. The molecular weight excluding hydrogens is 324 g/mol. The molecular formula is C19H23ClN2O2. The quantitative estimate of drug-likeness (QED) is 0.748. The molecule has 0 saturated carbocycles. The maximum absolute atomic E-state index is 12.1. The van der Waals surface area contributed by atoms with Gasteiger partial charge in [-0.15, -0.1) is 0 Å². The maximum atomic E-state index is 12.1. The third-order valence-corrected chi connectivity index (χ3v) is 3.98. The molecule has 0 atom stereocenters. The van der Waals surface area contributed by atoms with E-state index in [9.17, 15) is 4.79 Å². The lowest BCUT2D eigenvalue weighted by atomic mass is 10.0. The summed E-state index contributed by atoms with van der Waals surface area (Å²) in [6.07, 6.45) is 0.371. The molecule has 0 aliphatic heterocycles. The molecule has 2 aromatic rings. The first kappa shape index (κ1) is 18.1. The molecule has 0 aliphatic rings. The summed E-state index contributed by atoms with van der Waals surface area (Å²) in [6, 6.07) is 13.3. The monoisotopic (exact) mass is 346 g/mol. The van der Waals surface area contributed by atoms with Gasteiger partial charge in [0, 0.05) is 24.3 Å². The first-order chi connectivity index (χ1) is 11.5. The first-order valence-electron chi connectivity index (χ1n) is 7.97. The van der Waals surface area contributed by atoms with E-state index in [1.54, 1.807) is 25.3 Å². The molecule has 4 nitrogen and oxygen atoms in total. The highest BCUT2D eigenvalue weighted by atomic mass is 35.5. The molecule has 0 aromatic heterocycles. The fourth-order valence-corrected chi connectivity index (χ4v) is 2.70. The summed E-state index contributed by atoms with van der Waals surface area (Å²) < 4.78 is 5.09. The normalized spacial score (nSPS) is 10.5. The van der Waals surface area contributed by atoms with E-state index in [4.69, 9.17) is 16.3 Å². The molecule has 2 N–H and O–H groups in total. The largest absolute Gasteiger partial charge is 0.495 e. The second kappa shape index (κ2) is 8.60. The number of hydrogen-bond donors (Lipinski definition) is 2. The number of para-hydroxylation sites is 1. The van der Waals surface area contributed by atoms with Crippen LogP contribution in [0.1, 0.15) is 31.7 Å². The highest BCUT2D eigenvalue weighted by Crippen LogP contribution is 2.27. The highest BCUT2D eigenvalue weighted by molar-refractivity contribution is 6.32. The van der Waals surface area contributed by atoms with Crippen LogP contribution < -0.4 is 15.4 Å². The van der Waals surface area contributed by atoms with Crippen molar-refractivity contribution in [1.82, 2.24) is 0 Å². The Balaban J connectivity index is 1.87. The van der Waals surface area contributed by atoms with Crippen molar-refractivity contribution < 1.29 is 9.53 Å². The Morgan fingerprint density at radius 1 is 1.21 bits per heavy atom. The molecule has 0 spiro atoms. The van der Waals surface area contributed by atoms with E-state index in [1.165, 1.54) is 5.56 Å². The van der Waals surface area contributed by atoms with Gasteiger partial charge in [0.15, 0.2) is 0 Å². The second-order valence-electron chi connectivity index (χ2n) is 5.82. The molecule has 1 amide bonds. The molecule has 128 valence electrons. The van der Waals surface area contributed by atoms with Gasteiger partial charge in [0.05, 0.1) is 12.1 Å². The average Bonchev–Trinajstić information content (AvgIpc) is 2.55. The van der Waals surface area contributed by atoms with Gasteiger partial charge in [-0.2, -0.15) is 0 Å². The van der Waals surface area contributed by atoms with Crippen molar-refractivity contribution in [3.05, 3.63) is 53.1 Å². The minimum atomic E-state index is -0.0641. The molecule has 0 unspecified atom stereocenters. The molecule has 0 fully saturated rings. The summed E-state index contributed by atoms with van der Waals surface area (Å²) in [4.78, 5) is 12.1. The Morgan fingerprint density at radius 3 is 2.62 bits per heavy atom. The molecule has 0 aliphatic carbocycles. The summed E-state index contributed by atoms with van der Waals surface area (Å²) in [7, 11) is 1.56. The van der Waals surface area contributed by atoms with E-state index >= 15 is 0 Å². The fourth-order valence-electron chi connectivity index (χ4n) is 2.44. The number of methoxy groups -OCH3 is 1. The lowest BCUT2D eigenvalue weighted by molar-refractivity contribution is -0.115. The molecule has 2 aromatic carbocycles. The Morgan fingerprint density at radius 2 is 1.96 bits per heavy atom. The number of amides is 1. The average molecular weight is 347 g/mol. The predicted octanol–water partition coefficient (Wildman–Crippen LogP) is 4.91. The van der Waals surface area contributed by atoms with E-state index in [0.29, 0.717) is 35.3 Å². The SMILES string of the molecule is COc1ccc(NC(=O)CCNc2ccccc2C(C)C)cc1Cl. The number of anilines is 2. The van der Waals surface area contributed by atoms with Gasteiger partial charge in [0.2, 0.25) is 5.91 Å². The van der Waals surface area contributed by atoms with Crippen molar-refractivity contribution in [2.24, 2.45) is 0 Å². The van der Waals surface area contributed by atoms with Gasteiger partial charge in [0.1, 0.15) is 5.75 Å². The van der Waals surface area contributed by atoms with Crippen LogP contribution in [-0.4, -0.2) is 19.6 Å². The molecule has 5 heteroatoms. The molecule has 0 heterocycles. The zero-order chi connectivity index (χ0) is 17.5. The molecule has 24 heavy (non-hydrogen) atoms. The van der Waals surface area contributed by atoms with E-state index < -0.39 is 0 Å². The zero-order valence-corrected chi connectivity index (χ0v) is 15.0. The number of hydrogen-bond acceptors (Lipinski definition) is 3. The Kier molecular flexibility index (Phi) is 6.50. The number of nitrogens with one attached hydrogen (secondary N) is 2. The van der Waals surface area contributed by atoms with Crippen LogP contribution in [0.25, 0.3) is 0 Å². The van der Waals surface area contributed by atoms with Gasteiger partial charge in [-0.05, 0) is 35.7 Å². The molecule has 2 rings (SSSR count). The van der Waals surface area contributed by atoms with Crippen LogP contribution in [0, 0.1) is 0 Å². The minimum Gasteiger partial charge on any atom is -0.495 e. The van der Waals surface area contributed by atoms with Gasteiger partial charge < -0.3 is 15.4 Å². The lowest BCUT2D eigenvalue weighted by Crippen LogP contribution is -2.16. The summed E-state index contributed by atoms with van der Waals surface area (Å²) >= 11 is 6.06. The van der Waals surface area contributed by atoms with Gasteiger partial charge in [0.25, 0.3) is 0 Å². The number of halogens is 1. The Labute approximate surface area is 148 Å². The lowest BCUT2D eigenvalue weighted by Gasteiger charge is -2.14. The fraction of sp³-hybridized carbons (Fsp3) is 0.316. The first-order valence-corrected chi connectivity index (χ1v) is 8.35. The van der Waals surface area contributed by atoms with Crippen molar-refractivity contribution >= 4 is 28.9 Å². The van der Waals surface area contributed by atoms with Crippen molar-refractivity contribution in [3.63, 3.8) is 0 Å². The third-order valence-electron chi connectivity index (χ3n) is 3.69. The number of ether oxygens (including phenoxy) is 1.